The van der Waals surface area contributed by atoms with E-state index in [1.807, 2.05) is 51.3 Å². The lowest BCUT2D eigenvalue weighted by atomic mass is 9.95. The summed E-state index contributed by atoms with van der Waals surface area (Å²) in [6.45, 7) is 5.66. The third-order valence-corrected chi connectivity index (χ3v) is 10.8. The van der Waals surface area contributed by atoms with Crippen LogP contribution in [0, 0.1) is 6.92 Å². The summed E-state index contributed by atoms with van der Waals surface area (Å²) in [5, 5.41) is 3.20. The van der Waals surface area contributed by atoms with E-state index in [2.05, 4.69) is 5.32 Å². The van der Waals surface area contributed by atoms with Gasteiger partial charge in [0.1, 0.15) is 18.3 Å². The minimum absolute atomic E-state index is 0.0620. The maximum atomic E-state index is 14.5. The zero-order chi connectivity index (χ0) is 32.4. The minimum Gasteiger partial charge on any atom is -0.492 e. The highest BCUT2D eigenvalue weighted by Crippen LogP contribution is 2.33. The van der Waals surface area contributed by atoms with E-state index in [4.69, 9.17) is 4.74 Å². The van der Waals surface area contributed by atoms with Crippen molar-refractivity contribution in [2.75, 3.05) is 23.7 Å². The van der Waals surface area contributed by atoms with Gasteiger partial charge in [0.05, 0.1) is 17.2 Å². The average Bonchev–Trinajstić information content (AvgIpc) is 3.05. The molecule has 4 rings (SSSR count). The van der Waals surface area contributed by atoms with Crippen LogP contribution in [0.25, 0.3) is 0 Å². The van der Waals surface area contributed by atoms with Gasteiger partial charge in [-0.1, -0.05) is 62.6 Å². The lowest BCUT2D eigenvalue weighted by Gasteiger charge is -2.35. The van der Waals surface area contributed by atoms with E-state index in [0.29, 0.717) is 18.8 Å². The Morgan fingerprint density at radius 2 is 1.62 bits per heavy atom. The molecular formula is C35H45N3O5S2. The highest BCUT2D eigenvalue weighted by atomic mass is 32.2. The van der Waals surface area contributed by atoms with Crippen LogP contribution in [-0.4, -0.2) is 56.6 Å². The quantitative estimate of drug-likeness (QED) is 0.198. The zero-order valence-electron chi connectivity index (χ0n) is 26.7. The topological polar surface area (TPSA) is 96.0 Å². The monoisotopic (exact) mass is 651 g/mol. The third kappa shape index (κ3) is 8.61. The maximum Gasteiger partial charge on any atom is 0.264 e. The summed E-state index contributed by atoms with van der Waals surface area (Å²) in [5.41, 5.74) is 2.14. The third-order valence-electron chi connectivity index (χ3n) is 8.30. The fraction of sp³-hybridized carbons (Fsp3) is 0.429. The van der Waals surface area contributed by atoms with E-state index in [-0.39, 0.29) is 29.1 Å². The summed E-state index contributed by atoms with van der Waals surface area (Å²) in [6, 6.07) is 20.5. The number of anilines is 1. The molecule has 1 N–H and O–H groups in total. The normalized spacial score (nSPS) is 14.4. The van der Waals surface area contributed by atoms with Crippen LogP contribution in [0.4, 0.5) is 5.69 Å². The number of thioether (sulfide) groups is 1. The summed E-state index contributed by atoms with van der Waals surface area (Å²) in [5.74, 6) is -0.327. The fourth-order valence-electron chi connectivity index (χ4n) is 5.76. The van der Waals surface area contributed by atoms with E-state index >= 15 is 0 Å². The maximum absolute atomic E-state index is 14.5. The first-order valence-corrected chi connectivity index (χ1v) is 18.4. The number of para-hydroxylation sites is 2. The second-order valence-corrected chi connectivity index (χ2v) is 14.0. The first kappa shape index (κ1) is 34.4. The van der Waals surface area contributed by atoms with Crippen LogP contribution in [-0.2, 0) is 26.2 Å². The molecule has 242 valence electrons. The van der Waals surface area contributed by atoms with Gasteiger partial charge in [0, 0.05) is 17.5 Å². The number of hydrogen-bond acceptors (Lipinski definition) is 6. The van der Waals surface area contributed by atoms with Crippen LogP contribution < -0.4 is 14.4 Å². The predicted octanol–water partition coefficient (Wildman–Crippen LogP) is 6.57. The van der Waals surface area contributed by atoms with Crippen molar-refractivity contribution in [2.24, 2.45) is 0 Å². The molecule has 0 radical (unpaired) electrons. The number of amides is 2. The molecule has 0 aliphatic heterocycles. The molecule has 0 unspecified atom stereocenters. The number of carbonyl (C=O) groups excluding carboxylic acids is 2. The lowest BCUT2D eigenvalue weighted by molar-refractivity contribution is -0.140. The Bertz CT molecular complexity index is 1540. The molecule has 0 bridgehead atoms. The largest absolute Gasteiger partial charge is 0.492 e. The van der Waals surface area contributed by atoms with Crippen LogP contribution in [0.5, 0.6) is 5.75 Å². The van der Waals surface area contributed by atoms with E-state index < -0.39 is 28.5 Å². The SMILES string of the molecule is CCOc1ccccc1N(CC(=O)N(Cc1ccccc1C)[C@@H](CC)C(=O)NC1CCCCC1)S(=O)(=O)c1ccc(SC)cc1. The van der Waals surface area contributed by atoms with Gasteiger partial charge in [-0.05, 0) is 86.9 Å². The van der Waals surface area contributed by atoms with Crippen molar-refractivity contribution in [3.8, 4) is 5.75 Å². The lowest BCUT2D eigenvalue weighted by Crippen LogP contribution is -2.54. The van der Waals surface area contributed by atoms with E-state index in [1.165, 1.54) is 11.8 Å². The van der Waals surface area contributed by atoms with Gasteiger partial charge in [-0.15, -0.1) is 11.8 Å². The number of nitrogens with zero attached hydrogens (tertiary/aromatic N) is 2. The molecule has 1 aliphatic carbocycles. The van der Waals surface area contributed by atoms with Gasteiger partial charge in [-0.3, -0.25) is 13.9 Å². The van der Waals surface area contributed by atoms with Gasteiger partial charge in [0.15, 0.2) is 0 Å². The molecule has 0 heterocycles. The number of aryl methyl sites for hydroxylation is 1. The molecule has 10 heteroatoms. The summed E-state index contributed by atoms with van der Waals surface area (Å²) >= 11 is 1.51. The Balaban J connectivity index is 1.75. The molecule has 2 amide bonds. The van der Waals surface area contributed by atoms with Gasteiger partial charge >= 0.3 is 0 Å². The number of rotatable bonds is 14. The first-order chi connectivity index (χ1) is 21.7. The van der Waals surface area contributed by atoms with Gasteiger partial charge in [0.2, 0.25) is 11.8 Å². The summed E-state index contributed by atoms with van der Waals surface area (Å²) in [4.78, 5) is 30.8. The average molecular weight is 652 g/mol. The molecule has 1 fully saturated rings. The van der Waals surface area contributed by atoms with Crippen LogP contribution >= 0.6 is 11.8 Å². The van der Waals surface area contributed by atoms with Gasteiger partial charge in [-0.2, -0.15) is 0 Å². The second kappa shape index (κ2) is 16.2. The van der Waals surface area contributed by atoms with Gasteiger partial charge in [0.25, 0.3) is 10.0 Å². The summed E-state index contributed by atoms with van der Waals surface area (Å²) in [6.07, 6.45) is 7.44. The molecule has 0 spiro atoms. The Hall–Kier alpha value is -3.50. The minimum atomic E-state index is -4.21. The highest BCUT2D eigenvalue weighted by molar-refractivity contribution is 7.98. The number of ether oxygens (including phenoxy) is 1. The Morgan fingerprint density at radius 3 is 2.27 bits per heavy atom. The van der Waals surface area contributed by atoms with Crippen molar-refractivity contribution in [1.29, 1.82) is 0 Å². The van der Waals surface area contributed by atoms with Crippen molar-refractivity contribution >= 4 is 39.3 Å². The standard InChI is InChI=1S/C35H45N3O5S2/c1-5-31(35(40)36-28-16-8-7-9-17-28)37(24-27-15-11-10-14-26(27)3)34(39)25-38(32-18-12-13-19-33(32)43-6-2)45(41,42)30-22-20-29(44-4)21-23-30/h10-15,18-23,28,31H,5-9,16-17,24-25H2,1-4H3,(H,36,40)/t31-/m0/s1. The molecule has 45 heavy (non-hydrogen) atoms. The van der Waals surface area contributed by atoms with Crippen LogP contribution in [0.2, 0.25) is 0 Å². The van der Waals surface area contributed by atoms with E-state index in [9.17, 15) is 18.0 Å². The van der Waals surface area contributed by atoms with Gasteiger partial charge < -0.3 is 15.0 Å². The smallest absolute Gasteiger partial charge is 0.264 e. The zero-order valence-corrected chi connectivity index (χ0v) is 28.3. The molecule has 1 aliphatic rings. The van der Waals surface area contributed by atoms with Crippen molar-refractivity contribution < 1.29 is 22.7 Å². The molecular weight excluding hydrogens is 607 g/mol. The van der Waals surface area contributed by atoms with Crippen molar-refractivity contribution in [3.05, 3.63) is 83.9 Å². The van der Waals surface area contributed by atoms with Crippen molar-refractivity contribution in [3.63, 3.8) is 0 Å². The summed E-state index contributed by atoms with van der Waals surface area (Å²) in [7, 11) is -4.21. The molecule has 0 aromatic heterocycles. The molecule has 8 nitrogen and oxygen atoms in total. The Labute approximate surface area is 272 Å². The number of benzene rings is 3. The highest BCUT2D eigenvalue weighted by Gasteiger charge is 2.35. The fourth-order valence-corrected chi connectivity index (χ4v) is 7.60. The van der Waals surface area contributed by atoms with Crippen LogP contribution in [0.1, 0.15) is 63.5 Å². The number of sulfonamides is 1. The second-order valence-electron chi connectivity index (χ2n) is 11.3. The number of nitrogens with one attached hydrogen (secondary N) is 1. The predicted molar refractivity (Wildman–Crippen MR) is 181 cm³/mol. The van der Waals surface area contributed by atoms with Crippen LogP contribution in [0.15, 0.2) is 82.6 Å². The molecule has 1 saturated carbocycles. The Kier molecular flexibility index (Phi) is 12.4. The van der Waals surface area contributed by atoms with Crippen molar-refractivity contribution in [1.82, 2.24) is 10.2 Å². The van der Waals surface area contributed by atoms with Crippen molar-refractivity contribution in [2.45, 2.75) is 87.7 Å². The van der Waals surface area contributed by atoms with E-state index in [1.54, 1.807) is 53.4 Å². The number of hydrogen-bond donors (Lipinski definition) is 1. The number of carbonyl (C=O) groups is 2. The first-order valence-electron chi connectivity index (χ1n) is 15.7. The van der Waals surface area contributed by atoms with Gasteiger partial charge in [-0.25, -0.2) is 8.42 Å². The van der Waals surface area contributed by atoms with E-state index in [0.717, 1.165) is 52.4 Å². The molecule has 0 saturated heterocycles. The summed E-state index contributed by atoms with van der Waals surface area (Å²) < 4.78 is 35.6. The molecule has 3 aromatic carbocycles. The Morgan fingerprint density at radius 1 is 0.956 bits per heavy atom. The molecule has 1 atom stereocenters. The van der Waals surface area contributed by atoms with Crippen LogP contribution in [0.3, 0.4) is 0 Å². The molecule has 3 aromatic rings.